The van der Waals surface area contributed by atoms with Crippen molar-refractivity contribution in [3.63, 3.8) is 0 Å². The Morgan fingerprint density at radius 1 is 1.23 bits per heavy atom. The molecule has 0 spiro atoms. The molecule has 0 aromatic heterocycles. The van der Waals surface area contributed by atoms with Crippen LogP contribution >= 0.6 is 0 Å². The first kappa shape index (κ1) is 9.72. The zero-order valence-corrected chi connectivity index (χ0v) is 8.41. The molecule has 0 amide bonds. The van der Waals surface area contributed by atoms with Gasteiger partial charge >= 0.3 is 0 Å². The van der Waals surface area contributed by atoms with E-state index in [2.05, 4.69) is 36.2 Å². The van der Waals surface area contributed by atoms with Crippen molar-refractivity contribution in [3.05, 3.63) is 47.5 Å². The van der Waals surface area contributed by atoms with Crippen LogP contribution in [-0.2, 0) is 0 Å². The molecule has 1 rings (SSSR count). The van der Waals surface area contributed by atoms with Gasteiger partial charge in [-0.3, -0.25) is 4.99 Å². The first-order valence-corrected chi connectivity index (χ1v) is 4.44. The molecule has 0 unspecified atom stereocenters. The highest BCUT2D eigenvalue weighted by atomic mass is 14.7. The topological polar surface area (TPSA) is 12.4 Å². The Bertz CT molecular complexity index is 317. The molecule has 0 aliphatic carbocycles. The predicted octanol–water partition coefficient (Wildman–Crippen LogP) is 2.99. The minimum absolute atomic E-state index is 1.03. The fourth-order valence-corrected chi connectivity index (χ4v) is 1.18. The van der Waals surface area contributed by atoms with Crippen molar-refractivity contribution in [1.82, 2.24) is 0 Å². The molecule has 0 heterocycles. The largest absolute Gasteiger partial charge is 0.288 e. The number of hydrogen-bond donors (Lipinski definition) is 0. The maximum Gasteiger partial charge on any atom is 0.0639 e. The SMILES string of the molecule is C/C=C\C(=NC)c1ccc(C)cc1. The lowest BCUT2D eigenvalue weighted by Crippen LogP contribution is -1.95. The number of aliphatic imine (C=N–C) groups is 1. The van der Waals surface area contributed by atoms with Gasteiger partial charge in [0, 0.05) is 7.05 Å². The molecule has 1 aromatic carbocycles. The maximum absolute atomic E-state index is 4.21. The molecule has 68 valence electrons. The molecule has 0 bridgehead atoms. The van der Waals surface area contributed by atoms with E-state index in [1.54, 1.807) is 0 Å². The molecule has 0 aliphatic rings. The van der Waals surface area contributed by atoms with Gasteiger partial charge in [0.25, 0.3) is 0 Å². The zero-order chi connectivity index (χ0) is 9.68. The molecule has 0 fully saturated rings. The molecular formula is C12H15N. The monoisotopic (exact) mass is 173 g/mol. The first-order valence-electron chi connectivity index (χ1n) is 4.44. The van der Waals surface area contributed by atoms with Gasteiger partial charge < -0.3 is 0 Å². The van der Waals surface area contributed by atoms with Gasteiger partial charge in [0.05, 0.1) is 5.71 Å². The summed E-state index contributed by atoms with van der Waals surface area (Å²) in [5.74, 6) is 0. The summed E-state index contributed by atoms with van der Waals surface area (Å²) in [6.45, 7) is 4.08. The zero-order valence-electron chi connectivity index (χ0n) is 8.41. The summed E-state index contributed by atoms with van der Waals surface area (Å²) < 4.78 is 0. The normalized spacial score (nSPS) is 12.4. The fraction of sp³-hybridized carbons (Fsp3) is 0.250. The van der Waals surface area contributed by atoms with Gasteiger partial charge in [-0.05, 0) is 25.5 Å². The summed E-state index contributed by atoms with van der Waals surface area (Å²) in [4.78, 5) is 4.21. The van der Waals surface area contributed by atoms with Gasteiger partial charge in [-0.15, -0.1) is 0 Å². The molecule has 0 radical (unpaired) electrons. The highest BCUT2D eigenvalue weighted by Crippen LogP contribution is 2.05. The van der Waals surface area contributed by atoms with Crippen LogP contribution in [0, 0.1) is 6.92 Å². The Balaban J connectivity index is 3.00. The lowest BCUT2D eigenvalue weighted by atomic mass is 10.1. The number of rotatable bonds is 2. The van der Waals surface area contributed by atoms with Crippen molar-refractivity contribution in [1.29, 1.82) is 0 Å². The smallest absolute Gasteiger partial charge is 0.0639 e. The van der Waals surface area contributed by atoms with E-state index < -0.39 is 0 Å². The molecular weight excluding hydrogens is 158 g/mol. The van der Waals surface area contributed by atoms with Crippen molar-refractivity contribution in [2.45, 2.75) is 13.8 Å². The van der Waals surface area contributed by atoms with Gasteiger partial charge in [-0.1, -0.05) is 35.9 Å². The Morgan fingerprint density at radius 2 is 1.85 bits per heavy atom. The molecule has 1 nitrogen and oxygen atoms in total. The third-order valence-electron chi connectivity index (χ3n) is 1.91. The molecule has 0 atom stereocenters. The van der Waals surface area contributed by atoms with Crippen LogP contribution in [-0.4, -0.2) is 12.8 Å². The standard InChI is InChI=1S/C12H15N/c1-4-5-12(13-3)11-8-6-10(2)7-9-11/h4-9H,1-3H3/b5-4-,13-12?. The quantitative estimate of drug-likeness (QED) is 0.610. The van der Waals surface area contributed by atoms with Crippen LogP contribution in [0.3, 0.4) is 0 Å². The number of benzene rings is 1. The third kappa shape index (κ3) is 2.55. The molecule has 0 saturated heterocycles. The molecule has 1 aromatic rings. The third-order valence-corrected chi connectivity index (χ3v) is 1.91. The minimum atomic E-state index is 1.03. The second-order valence-electron chi connectivity index (χ2n) is 2.97. The predicted molar refractivity (Wildman–Crippen MR) is 58.5 cm³/mol. The number of aryl methyl sites for hydroxylation is 1. The van der Waals surface area contributed by atoms with E-state index in [0.717, 1.165) is 5.71 Å². The van der Waals surface area contributed by atoms with Gasteiger partial charge in [0.2, 0.25) is 0 Å². The van der Waals surface area contributed by atoms with Crippen LogP contribution in [0.1, 0.15) is 18.1 Å². The summed E-state index contributed by atoms with van der Waals surface area (Å²) in [6.07, 6.45) is 4.02. The highest BCUT2D eigenvalue weighted by molar-refractivity contribution is 6.08. The molecule has 13 heavy (non-hydrogen) atoms. The summed E-state index contributed by atoms with van der Waals surface area (Å²) in [7, 11) is 1.81. The van der Waals surface area contributed by atoms with Crippen molar-refractivity contribution in [2.24, 2.45) is 4.99 Å². The summed E-state index contributed by atoms with van der Waals surface area (Å²) in [5, 5.41) is 0. The van der Waals surface area contributed by atoms with E-state index in [4.69, 9.17) is 0 Å². The van der Waals surface area contributed by atoms with E-state index in [1.165, 1.54) is 11.1 Å². The van der Waals surface area contributed by atoms with Gasteiger partial charge in [0.1, 0.15) is 0 Å². The van der Waals surface area contributed by atoms with Crippen molar-refractivity contribution >= 4 is 5.71 Å². The van der Waals surface area contributed by atoms with Gasteiger partial charge in [0.15, 0.2) is 0 Å². The summed E-state index contributed by atoms with van der Waals surface area (Å²) in [6, 6.07) is 8.39. The Morgan fingerprint density at radius 3 is 2.31 bits per heavy atom. The second-order valence-corrected chi connectivity index (χ2v) is 2.97. The number of allylic oxidation sites excluding steroid dienone is 2. The molecule has 0 saturated carbocycles. The van der Waals surface area contributed by atoms with Crippen LogP contribution in [0.4, 0.5) is 0 Å². The Hall–Kier alpha value is -1.37. The Kier molecular flexibility index (Phi) is 3.44. The summed E-state index contributed by atoms with van der Waals surface area (Å²) in [5.41, 5.74) is 3.48. The second kappa shape index (κ2) is 4.61. The maximum atomic E-state index is 4.21. The lowest BCUT2D eigenvalue weighted by molar-refractivity contribution is 1.41. The van der Waals surface area contributed by atoms with Crippen molar-refractivity contribution < 1.29 is 0 Å². The van der Waals surface area contributed by atoms with Crippen molar-refractivity contribution in [3.8, 4) is 0 Å². The van der Waals surface area contributed by atoms with E-state index in [-0.39, 0.29) is 0 Å². The molecule has 0 aliphatic heterocycles. The minimum Gasteiger partial charge on any atom is -0.288 e. The average Bonchev–Trinajstić information content (AvgIpc) is 2.16. The van der Waals surface area contributed by atoms with Gasteiger partial charge in [-0.25, -0.2) is 0 Å². The lowest BCUT2D eigenvalue weighted by Gasteiger charge is -2.00. The molecule has 1 heteroatoms. The van der Waals surface area contributed by atoms with E-state index in [9.17, 15) is 0 Å². The fourth-order valence-electron chi connectivity index (χ4n) is 1.18. The average molecular weight is 173 g/mol. The van der Waals surface area contributed by atoms with Crippen molar-refractivity contribution in [2.75, 3.05) is 7.05 Å². The van der Waals surface area contributed by atoms with E-state index in [1.807, 2.05) is 26.1 Å². The van der Waals surface area contributed by atoms with Crippen LogP contribution in [0.25, 0.3) is 0 Å². The summed E-state index contributed by atoms with van der Waals surface area (Å²) >= 11 is 0. The highest BCUT2D eigenvalue weighted by Gasteiger charge is 1.96. The molecule has 0 N–H and O–H groups in total. The number of nitrogens with zero attached hydrogens (tertiary/aromatic N) is 1. The number of hydrogen-bond acceptors (Lipinski definition) is 1. The van der Waals surface area contributed by atoms with Crippen LogP contribution in [0.15, 0.2) is 41.4 Å². The van der Waals surface area contributed by atoms with E-state index >= 15 is 0 Å². The first-order chi connectivity index (χ1) is 6.27. The van der Waals surface area contributed by atoms with Crippen LogP contribution in [0.5, 0.6) is 0 Å². The van der Waals surface area contributed by atoms with E-state index in [0.29, 0.717) is 0 Å². The van der Waals surface area contributed by atoms with Crippen LogP contribution < -0.4 is 0 Å². The van der Waals surface area contributed by atoms with Gasteiger partial charge in [-0.2, -0.15) is 0 Å². The van der Waals surface area contributed by atoms with Crippen LogP contribution in [0.2, 0.25) is 0 Å². The Labute approximate surface area is 79.8 Å².